The lowest BCUT2D eigenvalue weighted by Crippen LogP contribution is -2.77. The Bertz CT molecular complexity index is 1090. The molecule has 6 rings (SSSR count). The Hall–Kier alpha value is -3.14. The van der Waals surface area contributed by atoms with Crippen molar-refractivity contribution in [2.75, 3.05) is 19.6 Å². The first kappa shape index (κ1) is 19.5. The molecule has 3 fully saturated rings. The fraction of sp³-hybridized carbons (Fsp3) is 0.545. The van der Waals surface area contributed by atoms with Crippen molar-refractivity contribution in [1.29, 1.82) is 0 Å². The summed E-state index contributed by atoms with van der Waals surface area (Å²) in [6, 6.07) is 2.23. The Balaban J connectivity index is 1.36. The molecule has 4 amide bonds. The molecule has 10 nitrogen and oxygen atoms in total. The van der Waals surface area contributed by atoms with Crippen molar-refractivity contribution in [3.8, 4) is 11.5 Å². The summed E-state index contributed by atoms with van der Waals surface area (Å²) < 4.78 is 5.97. The van der Waals surface area contributed by atoms with Crippen LogP contribution in [0.15, 0.2) is 12.1 Å². The van der Waals surface area contributed by atoms with E-state index in [0.717, 1.165) is 10.5 Å². The van der Waals surface area contributed by atoms with E-state index < -0.39 is 29.2 Å². The molecule has 2 aliphatic carbocycles. The van der Waals surface area contributed by atoms with Crippen LogP contribution in [0.5, 0.6) is 11.5 Å². The number of rotatable bonds is 3. The predicted molar refractivity (Wildman–Crippen MR) is 107 cm³/mol. The van der Waals surface area contributed by atoms with Crippen LogP contribution in [-0.4, -0.2) is 81.0 Å². The van der Waals surface area contributed by atoms with Crippen LogP contribution in [0.2, 0.25) is 0 Å². The van der Waals surface area contributed by atoms with Crippen molar-refractivity contribution in [2.24, 2.45) is 0 Å². The normalized spacial score (nSPS) is 34.3. The molecular formula is C22H23N3O7. The first-order chi connectivity index (χ1) is 15.3. The van der Waals surface area contributed by atoms with E-state index in [1.54, 1.807) is 11.0 Å². The van der Waals surface area contributed by atoms with Gasteiger partial charge >= 0.3 is 6.03 Å². The Kier molecular flexibility index (Phi) is 3.80. The number of hydrogen-bond acceptors (Lipinski definition) is 7. The molecule has 1 spiro atoms. The molecule has 5 aliphatic rings. The number of urea groups is 1. The number of hydrogen-bond donors (Lipinski definition) is 3. The summed E-state index contributed by atoms with van der Waals surface area (Å²) in [6.07, 6.45) is 0.129. The van der Waals surface area contributed by atoms with Crippen LogP contribution in [0.1, 0.15) is 36.8 Å². The summed E-state index contributed by atoms with van der Waals surface area (Å²) in [5, 5.41) is 24.9. The van der Waals surface area contributed by atoms with Crippen LogP contribution in [0.3, 0.4) is 0 Å². The fourth-order valence-electron chi connectivity index (χ4n) is 6.66. The second-order valence-corrected chi connectivity index (χ2v) is 9.32. The molecule has 0 unspecified atom stereocenters. The Morgan fingerprint density at radius 2 is 2.06 bits per heavy atom. The molecule has 0 radical (unpaired) electrons. The zero-order valence-electron chi connectivity index (χ0n) is 17.3. The maximum Gasteiger partial charge on any atom is 0.324 e. The number of ketones is 1. The van der Waals surface area contributed by atoms with Crippen LogP contribution in [0, 0.1) is 0 Å². The lowest BCUT2D eigenvalue weighted by molar-refractivity contribution is -0.192. The molecule has 3 N–H and O–H groups in total. The second kappa shape index (κ2) is 6.22. The minimum atomic E-state index is -1.37. The number of carbonyl (C=O) groups excluding carboxylic acids is 4. The summed E-state index contributed by atoms with van der Waals surface area (Å²) in [6.45, 7) is 0.228. The summed E-state index contributed by atoms with van der Waals surface area (Å²) in [5.74, 6) is -0.489. The number of phenols is 1. The van der Waals surface area contributed by atoms with Gasteiger partial charge in [0, 0.05) is 31.5 Å². The molecule has 3 heterocycles. The van der Waals surface area contributed by atoms with Gasteiger partial charge in [-0.1, -0.05) is 6.07 Å². The number of aliphatic hydroxyl groups is 1. The van der Waals surface area contributed by atoms with E-state index in [1.165, 1.54) is 6.07 Å². The van der Waals surface area contributed by atoms with E-state index >= 15 is 0 Å². The van der Waals surface area contributed by atoms with Gasteiger partial charge in [0.1, 0.15) is 0 Å². The van der Waals surface area contributed by atoms with Crippen LogP contribution < -0.4 is 10.1 Å². The van der Waals surface area contributed by atoms with Gasteiger partial charge in [0.25, 0.3) is 0 Å². The van der Waals surface area contributed by atoms with Crippen LogP contribution in [-0.2, 0) is 26.2 Å². The highest BCUT2D eigenvalue weighted by atomic mass is 16.5. The van der Waals surface area contributed by atoms with Crippen molar-refractivity contribution >= 4 is 23.6 Å². The van der Waals surface area contributed by atoms with Gasteiger partial charge in [-0.2, -0.15) is 0 Å². The smallest absolute Gasteiger partial charge is 0.324 e. The summed E-state index contributed by atoms with van der Waals surface area (Å²) >= 11 is 0. The minimum absolute atomic E-state index is 0.0187. The van der Waals surface area contributed by atoms with Gasteiger partial charge in [0.05, 0.1) is 23.6 Å². The number of phenolic OH excluding ortho intramolecular Hbond substituents is 1. The van der Waals surface area contributed by atoms with E-state index in [-0.39, 0.29) is 61.4 Å². The number of ether oxygens (including phenoxy) is 1. The number of nitrogens with one attached hydrogen (secondary N) is 1. The average Bonchev–Trinajstić information content (AvgIpc) is 3.28. The molecule has 168 valence electrons. The van der Waals surface area contributed by atoms with Gasteiger partial charge in [-0.15, -0.1) is 0 Å². The van der Waals surface area contributed by atoms with E-state index in [2.05, 4.69) is 5.32 Å². The molecule has 3 aliphatic heterocycles. The molecule has 2 saturated heterocycles. The number of Topliss-reactive ketones (excluding diaryl/α,β-unsaturated/α-hetero) is 1. The third-order valence-electron chi connectivity index (χ3n) is 8.06. The zero-order valence-corrected chi connectivity index (χ0v) is 17.3. The molecule has 1 aromatic rings. The number of aromatic hydroxyl groups is 1. The third kappa shape index (κ3) is 2.18. The second-order valence-electron chi connectivity index (χ2n) is 9.32. The molecule has 1 saturated carbocycles. The van der Waals surface area contributed by atoms with Crippen molar-refractivity contribution < 1.29 is 34.1 Å². The predicted octanol–water partition coefficient (Wildman–Crippen LogP) is -0.416. The molecule has 2 bridgehead atoms. The number of carbonyl (C=O) groups is 4. The summed E-state index contributed by atoms with van der Waals surface area (Å²) in [5.41, 5.74) is -0.792. The topological polar surface area (TPSA) is 136 Å². The van der Waals surface area contributed by atoms with E-state index in [9.17, 15) is 29.4 Å². The van der Waals surface area contributed by atoms with Gasteiger partial charge in [-0.25, -0.2) is 4.79 Å². The van der Waals surface area contributed by atoms with Crippen molar-refractivity contribution in [2.45, 2.75) is 55.3 Å². The fourth-order valence-corrected chi connectivity index (χ4v) is 6.66. The van der Waals surface area contributed by atoms with Crippen LogP contribution >= 0.6 is 0 Å². The lowest BCUT2D eigenvalue weighted by Gasteiger charge is -2.62. The summed E-state index contributed by atoms with van der Waals surface area (Å²) in [7, 11) is 0. The Labute approximate surface area is 183 Å². The number of amides is 4. The van der Waals surface area contributed by atoms with Gasteiger partial charge in [-0.05, 0) is 30.9 Å². The molecule has 10 heteroatoms. The molecule has 0 aromatic heterocycles. The highest BCUT2D eigenvalue weighted by Gasteiger charge is 2.73. The molecule has 1 aromatic carbocycles. The van der Waals surface area contributed by atoms with Gasteiger partial charge in [-0.3, -0.25) is 19.3 Å². The number of nitrogens with zero attached hydrogens (tertiary/aromatic N) is 2. The van der Waals surface area contributed by atoms with Crippen molar-refractivity contribution in [1.82, 2.24) is 15.1 Å². The Morgan fingerprint density at radius 3 is 2.81 bits per heavy atom. The number of piperidine rings is 1. The first-order valence-electron chi connectivity index (χ1n) is 10.9. The minimum Gasteiger partial charge on any atom is -0.504 e. The maximum absolute atomic E-state index is 13.2. The number of likely N-dealkylation sites (tertiary alicyclic amines) is 1. The van der Waals surface area contributed by atoms with Crippen LogP contribution in [0.4, 0.5) is 4.79 Å². The molecule has 4 atom stereocenters. The SMILES string of the molecule is O=C1CC[C@@]2(O)[C@H]3Cc4ccc(O)c5c4[C@@]2(CCN3C(=O)CCN2C(=O)CNC2=O)[C@H]1O5. The lowest BCUT2D eigenvalue weighted by atomic mass is 9.49. The van der Waals surface area contributed by atoms with E-state index in [4.69, 9.17) is 4.74 Å². The van der Waals surface area contributed by atoms with Crippen LogP contribution in [0.25, 0.3) is 0 Å². The molecule has 32 heavy (non-hydrogen) atoms. The van der Waals surface area contributed by atoms with E-state index in [1.807, 2.05) is 0 Å². The zero-order chi connectivity index (χ0) is 22.4. The van der Waals surface area contributed by atoms with Crippen molar-refractivity contribution in [3.63, 3.8) is 0 Å². The average molecular weight is 441 g/mol. The van der Waals surface area contributed by atoms with E-state index in [0.29, 0.717) is 24.9 Å². The highest BCUT2D eigenvalue weighted by molar-refractivity contribution is 6.02. The first-order valence-corrected chi connectivity index (χ1v) is 10.9. The van der Waals surface area contributed by atoms with Gasteiger partial charge in [0.2, 0.25) is 11.8 Å². The number of benzene rings is 1. The van der Waals surface area contributed by atoms with Gasteiger partial charge in [0.15, 0.2) is 23.4 Å². The van der Waals surface area contributed by atoms with Gasteiger partial charge < -0.3 is 25.2 Å². The Morgan fingerprint density at radius 1 is 1.25 bits per heavy atom. The quantitative estimate of drug-likeness (QED) is 0.542. The number of imide groups is 1. The monoisotopic (exact) mass is 441 g/mol. The summed E-state index contributed by atoms with van der Waals surface area (Å²) in [4.78, 5) is 52.3. The standard InChI is InChI=1S/C22H23N3O7/c26-12-2-1-11-9-14-22(31)5-3-13(27)19-21(22,17(11)18(12)32-19)6-8-24(14)15(28)4-7-25-16(29)10-23-20(25)30/h1-2,14,19,26,31H,3-10H2,(H,23,30)/t14-,19+,21+,22-/m1/s1. The highest BCUT2D eigenvalue weighted by Crippen LogP contribution is 2.64. The third-order valence-corrected chi connectivity index (χ3v) is 8.06. The molecular weight excluding hydrogens is 418 g/mol. The van der Waals surface area contributed by atoms with Crippen molar-refractivity contribution in [3.05, 3.63) is 23.3 Å². The maximum atomic E-state index is 13.2. The largest absolute Gasteiger partial charge is 0.504 e.